The van der Waals surface area contributed by atoms with Crippen LogP contribution in [-0.2, 0) is 41.1 Å². The van der Waals surface area contributed by atoms with Gasteiger partial charge in [-0.15, -0.1) is 0 Å². The van der Waals surface area contributed by atoms with E-state index in [0.717, 1.165) is 17.2 Å². The second kappa shape index (κ2) is 11.6. The van der Waals surface area contributed by atoms with Gasteiger partial charge in [0.25, 0.3) is 0 Å². The molecule has 0 saturated carbocycles. The van der Waals surface area contributed by atoms with Crippen molar-refractivity contribution in [1.82, 2.24) is 19.5 Å². The first kappa shape index (κ1) is 31.4. The average Bonchev–Trinajstić information content (AvgIpc) is 3.47. The predicted octanol–water partition coefficient (Wildman–Crippen LogP) is -3.17. The third-order valence-electron chi connectivity index (χ3n) is 5.58. The van der Waals surface area contributed by atoms with E-state index < -0.39 is 85.8 Å². The number of hydrogen-bond donors (Lipinski definition) is 9. The van der Waals surface area contributed by atoms with Gasteiger partial charge in [-0.25, -0.2) is 28.6 Å². The van der Waals surface area contributed by atoms with Crippen LogP contribution in [0.5, 0.6) is 0 Å². The molecular weight excluding hydrogens is 615 g/mol. The van der Waals surface area contributed by atoms with Crippen molar-refractivity contribution in [2.75, 3.05) is 18.9 Å². The van der Waals surface area contributed by atoms with Gasteiger partial charge in [0.15, 0.2) is 24.0 Å². The highest BCUT2D eigenvalue weighted by Crippen LogP contribution is 2.61. The number of rotatable bonds is 11. The lowest BCUT2D eigenvalue weighted by molar-refractivity contribution is -0.132. The van der Waals surface area contributed by atoms with Crippen molar-refractivity contribution in [3.8, 4) is 0 Å². The molecule has 10 N–H and O–H groups in total. The quantitative estimate of drug-likeness (QED) is 0.109. The largest absolute Gasteiger partial charge is 0.481 e. The van der Waals surface area contributed by atoms with Gasteiger partial charge in [0.1, 0.15) is 48.5 Å². The number of aliphatic hydroxyl groups is 4. The zero-order chi connectivity index (χ0) is 29.6. The summed E-state index contributed by atoms with van der Waals surface area (Å²) >= 11 is 0. The number of nitrogen functional groups attached to an aromatic ring is 1. The molecule has 2 saturated heterocycles. The Morgan fingerprint density at radius 2 is 1.48 bits per heavy atom. The molecule has 0 amide bonds. The van der Waals surface area contributed by atoms with Crippen LogP contribution in [0.3, 0.4) is 0 Å². The molecule has 2 unspecified atom stereocenters. The maximum Gasteiger partial charge on any atom is 0.481 e. The van der Waals surface area contributed by atoms with E-state index in [1.54, 1.807) is 0 Å². The Balaban J connectivity index is 1.42. The van der Waals surface area contributed by atoms with Gasteiger partial charge in [-0.2, -0.15) is 4.31 Å². The molecule has 0 radical (unpaired) electrons. The molecule has 2 aromatic rings. The van der Waals surface area contributed by atoms with Gasteiger partial charge in [0.2, 0.25) is 0 Å². The second-order valence-corrected chi connectivity index (χ2v) is 12.6. The fourth-order valence-electron chi connectivity index (χ4n) is 3.79. The fourth-order valence-corrected chi connectivity index (χ4v) is 6.42. The van der Waals surface area contributed by atoms with Gasteiger partial charge < -0.3 is 55.2 Å². The molecule has 4 heterocycles. The molecule has 0 aliphatic carbocycles. The van der Waals surface area contributed by atoms with Gasteiger partial charge in [-0.05, 0) is 0 Å². The van der Waals surface area contributed by atoms with Crippen LogP contribution in [0.25, 0.3) is 11.2 Å². The summed E-state index contributed by atoms with van der Waals surface area (Å²) < 4.78 is 65.1. The summed E-state index contributed by atoms with van der Waals surface area (Å²) in [5.74, 6) is -0.0509. The van der Waals surface area contributed by atoms with Crippen LogP contribution in [-0.4, -0.2) is 116 Å². The zero-order valence-corrected chi connectivity index (χ0v) is 22.3. The Kier molecular flexibility index (Phi) is 9.14. The highest BCUT2D eigenvalue weighted by atomic mass is 31.3. The van der Waals surface area contributed by atoms with E-state index in [1.807, 2.05) is 0 Å². The highest BCUT2D eigenvalue weighted by Gasteiger charge is 2.50. The molecule has 2 aromatic heterocycles. The van der Waals surface area contributed by atoms with Crippen LogP contribution in [0.4, 0.5) is 5.82 Å². The van der Waals surface area contributed by atoms with Crippen molar-refractivity contribution in [3.63, 3.8) is 0 Å². The van der Waals surface area contributed by atoms with E-state index in [9.17, 15) is 53.7 Å². The van der Waals surface area contributed by atoms with Gasteiger partial charge >= 0.3 is 23.5 Å². The second-order valence-electron chi connectivity index (χ2n) is 8.36. The average molecular weight is 639 g/mol. The lowest BCUT2D eigenvalue weighted by Crippen LogP contribution is -2.35. The number of fused-ring (bicyclic) bond motifs is 1. The molecule has 226 valence electrons. The molecular formula is C15H24N5O17P3. The van der Waals surface area contributed by atoms with E-state index in [2.05, 4.69) is 32.8 Å². The fraction of sp³-hybridized carbons (Fsp3) is 0.667. The molecule has 22 nitrogen and oxygen atoms in total. The van der Waals surface area contributed by atoms with E-state index in [4.69, 9.17) is 15.2 Å². The summed E-state index contributed by atoms with van der Waals surface area (Å²) in [7, 11) is -16.1. The summed E-state index contributed by atoms with van der Waals surface area (Å²) in [6.07, 6.45) is -11.6. The number of nitrogens with two attached hydrogens (primary N) is 1. The van der Waals surface area contributed by atoms with Crippen LogP contribution < -0.4 is 5.73 Å². The Morgan fingerprint density at radius 1 is 0.875 bits per heavy atom. The Morgan fingerprint density at radius 3 is 2.02 bits per heavy atom. The van der Waals surface area contributed by atoms with Crippen molar-refractivity contribution in [1.29, 1.82) is 0 Å². The van der Waals surface area contributed by atoms with Crippen LogP contribution >= 0.6 is 23.5 Å². The maximum atomic E-state index is 12.3. The van der Waals surface area contributed by atoms with E-state index in [-0.39, 0.29) is 17.0 Å². The summed E-state index contributed by atoms with van der Waals surface area (Å²) in [6.45, 7) is -2.03. The van der Waals surface area contributed by atoms with Crippen molar-refractivity contribution < 1.29 is 81.1 Å². The SMILES string of the molecule is Nc1ncnc2c1ncn2[C@@H]1O[C@H](COP(=O)(O)OP(=O)(O)OC[C@H]2O[C@H](O)[C@H](O)[C@@H]2O)[C@@H](O)[C@H]1OP(=O)(O)O. The lowest BCUT2D eigenvalue weighted by Gasteiger charge is -2.22. The van der Waals surface area contributed by atoms with Gasteiger partial charge in [0, 0.05) is 0 Å². The molecule has 25 heteroatoms. The van der Waals surface area contributed by atoms with Crippen LogP contribution in [0.15, 0.2) is 12.7 Å². The molecule has 0 aromatic carbocycles. The molecule has 2 aliphatic rings. The molecule has 2 aliphatic heterocycles. The zero-order valence-electron chi connectivity index (χ0n) is 19.6. The van der Waals surface area contributed by atoms with Crippen molar-refractivity contribution in [2.45, 2.75) is 49.1 Å². The third-order valence-corrected chi connectivity index (χ3v) is 8.70. The van der Waals surface area contributed by atoms with Crippen LogP contribution in [0.2, 0.25) is 0 Å². The molecule has 4 rings (SSSR count). The number of imidazole rings is 1. The highest BCUT2D eigenvalue weighted by molar-refractivity contribution is 7.61. The number of phosphoric acid groups is 3. The molecule has 10 atom stereocenters. The van der Waals surface area contributed by atoms with Crippen molar-refractivity contribution in [2.24, 2.45) is 0 Å². The number of ether oxygens (including phenoxy) is 2. The monoisotopic (exact) mass is 639 g/mol. The van der Waals surface area contributed by atoms with E-state index in [0.29, 0.717) is 0 Å². The normalized spacial score (nSPS) is 34.2. The Labute approximate surface area is 222 Å². The van der Waals surface area contributed by atoms with Crippen LogP contribution in [0.1, 0.15) is 6.23 Å². The first-order valence-corrected chi connectivity index (χ1v) is 15.4. The molecule has 2 fully saturated rings. The Bertz CT molecular complexity index is 1360. The molecule has 0 bridgehead atoms. The standard InChI is InChI=1S/C15H24N5O17P3/c16-12-7-13(18-3-17-12)20(4-19-7)14-11(36-38(25,26)27)9(22)6(34-14)2-33-40(30,31)37-39(28,29)32-1-5-8(21)10(23)15(24)35-5/h3-6,8-11,14-15,21-24H,1-2H2,(H,28,29)(H,30,31)(H2,16,17,18)(H2,25,26,27)/t5-,6-,8-,9-,10-,11-,14-,15+/m1/s1. The van der Waals surface area contributed by atoms with E-state index in [1.165, 1.54) is 0 Å². The predicted molar refractivity (Wildman–Crippen MR) is 122 cm³/mol. The number of aromatic nitrogens is 4. The number of phosphoric ester groups is 3. The first-order valence-electron chi connectivity index (χ1n) is 10.8. The Hall–Kier alpha value is -1.52. The molecule has 40 heavy (non-hydrogen) atoms. The van der Waals surface area contributed by atoms with Gasteiger partial charge in [0.05, 0.1) is 19.5 Å². The number of aliphatic hydroxyl groups excluding tert-OH is 4. The minimum absolute atomic E-state index is 0.0107. The van der Waals surface area contributed by atoms with Crippen molar-refractivity contribution >= 4 is 40.4 Å². The topological polar surface area (TPSA) is 338 Å². The van der Waals surface area contributed by atoms with Crippen LogP contribution in [0, 0.1) is 0 Å². The minimum atomic E-state index is -5.46. The summed E-state index contributed by atoms with van der Waals surface area (Å²) in [6, 6.07) is 0. The summed E-state index contributed by atoms with van der Waals surface area (Å²) in [4.78, 5) is 49.9. The molecule has 0 spiro atoms. The summed E-state index contributed by atoms with van der Waals surface area (Å²) in [5.41, 5.74) is 5.80. The first-order chi connectivity index (χ1) is 18.5. The summed E-state index contributed by atoms with van der Waals surface area (Å²) in [5, 5.41) is 39.0. The lowest BCUT2D eigenvalue weighted by atomic mass is 10.1. The third kappa shape index (κ3) is 7.09. The minimum Gasteiger partial charge on any atom is -0.387 e. The number of anilines is 1. The number of hydrogen-bond acceptors (Lipinski definition) is 17. The van der Waals surface area contributed by atoms with Crippen molar-refractivity contribution in [3.05, 3.63) is 12.7 Å². The van der Waals surface area contributed by atoms with Gasteiger partial charge in [-0.3, -0.25) is 18.1 Å². The number of nitrogens with zero attached hydrogens (tertiary/aromatic N) is 4. The van der Waals surface area contributed by atoms with E-state index >= 15 is 0 Å². The van der Waals surface area contributed by atoms with Gasteiger partial charge in [-0.1, -0.05) is 0 Å². The maximum absolute atomic E-state index is 12.3. The smallest absolute Gasteiger partial charge is 0.387 e.